The third-order valence-electron chi connectivity index (χ3n) is 9.55. The predicted octanol–water partition coefficient (Wildman–Crippen LogP) is 12.5. The maximum atomic E-state index is 5.19. The van der Waals surface area contributed by atoms with E-state index >= 15 is 0 Å². The average molecular weight is 672 g/mol. The first-order valence-corrected chi connectivity index (χ1v) is 17.9. The SMILES string of the molecule is C=N/C(=C\C(=N/Cc1cccc(-c2cc(-n3c4ccccc4c4ccccc43)cc3c2sc2ccccc23)c1)c1ccccc1)c1ccccc1. The molecule has 9 rings (SSSR count). The molecule has 0 bridgehead atoms. The minimum Gasteiger partial charge on any atom is -0.309 e. The molecule has 0 fully saturated rings. The summed E-state index contributed by atoms with van der Waals surface area (Å²) in [7, 11) is 0. The minimum atomic E-state index is 0.524. The van der Waals surface area contributed by atoms with Crippen LogP contribution in [0.5, 0.6) is 0 Å². The van der Waals surface area contributed by atoms with Crippen molar-refractivity contribution in [2.75, 3.05) is 0 Å². The van der Waals surface area contributed by atoms with Crippen LogP contribution >= 0.6 is 11.3 Å². The van der Waals surface area contributed by atoms with Crippen molar-refractivity contribution < 1.29 is 0 Å². The molecule has 0 aliphatic heterocycles. The van der Waals surface area contributed by atoms with Gasteiger partial charge in [-0.3, -0.25) is 9.98 Å². The lowest BCUT2D eigenvalue weighted by molar-refractivity contribution is 1.07. The third kappa shape index (κ3) is 5.66. The number of rotatable bonds is 8. The number of allylic oxidation sites excluding steroid dienone is 1. The van der Waals surface area contributed by atoms with Gasteiger partial charge in [0, 0.05) is 47.8 Å². The number of aliphatic imine (C=N–C) groups is 2. The molecule has 4 heteroatoms. The lowest BCUT2D eigenvalue weighted by atomic mass is 9.99. The van der Waals surface area contributed by atoms with Crippen molar-refractivity contribution in [2.24, 2.45) is 9.98 Å². The Morgan fingerprint density at radius 2 is 1.22 bits per heavy atom. The van der Waals surface area contributed by atoms with Gasteiger partial charge in [0.25, 0.3) is 0 Å². The fourth-order valence-corrected chi connectivity index (χ4v) is 8.38. The van der Waals surface area contributed by atoms with E-state index in [2.05, 4.69) is 150 Å². The first-order chi connectivity index (χ1) is 25.2. The molecule has 7 aromatic carbocycles. The first-order valence-electron chi connectivity index (χ1n) is 17.1. The fourth-order valence-electron chi connectivity index (χ4n) is 7.16. The molecule has 0 saturated heterocycles. The second kappa shape index (κ2) is 13.2. The van der Waals surface area contributed by atoms with Crippen LogP contribution in [-0.4, -0.2) is 17.0 Å². The van der Waals surface area contributed by atoms with Crippen molar-refractivity contribution in [2.45, 2.75) is 6.54 Å². The normalized spacial score (nSPS) is 12.3. The smallest absolute Gasteiger partial charge is 0.0716 e. The van der Waals surface area contributed by atoms with Gasteiger partial charge in [-0.2, -0.15) is 0 Å². The maximum Gasteiger partial charge on any atom is 0.0716 e. The summed E-state index contributed by atoms with van der Waals surface area (Å²) in [5, 5.41) is 5.08. The van der Waals surface area contributed by atoms with Gasteiger partial charge in [-0.15, -0.1) is 11.3 Å². The molecule has 0 amide bonds. The monoisotopic (exact) mass is 671 g/mol. The van der Waals surface area contributed by atoms with Gasteiger partial charge >= 0.3 is 0 Å². The van der Waals surface area contributed by atoms with E-state index in [9.17, 15) is 0 Å². The molecule has 0 N–H and O–H groups in total. The summed E-state index contributed by atoms with van der Waals surface area (Å²) in [6.07, 6.45) is 2.04. The Balaban J connectivity index is 1.19. The zero-order chi connectivity index (χ0) is 34.1. The lowest BCUT2D eigenvalue weighted by Gasteiger charge is -2.13. The fraction of sp³-hybridized carbons (Fsp3) is 0.0213. The van der Waals surface area contributed by atoms with E-state index in [4.69, 9.17) is 4.99 Å². The Hall–Kier alpha value is -6.36. The summed E-state index contributed by atoms with van der Waals surface area (Å²) >= 11 is 1.86. The highest BCUT2D eigenvalue weighted by Gasteiger charge is 2.17. The molecule has 0 spiro atoms. The third-order valence-corrected chi connectivity index (χ3v) is 10.8. The number of thiophene rings is 1. The summed E-state index contributed by atoms with van der Waals surface area (Å²) < 4.78 is 5.00. The topological polar surface area (TPSA) is 29.6 Å². The minimum absolute atomic E-state index is 0.524. The van der Waals surface area contributed by atoms with E-state index in [0.29, 0.717) is 6.54 Å². The Labute approximate surface area is 300 Å². The van der Waals surface area contributed by atoms with Crippen molar-refractivity contribution in [3.8, 4) is 16.8 Å². The lowest BCUT2D eigenvalue weighted by Crippen LogP contribution is -2.00. The van der Waals surface area contributed by atoms with Crippen LogP contribution in [0.1, 0.15) is 16.7 Å². The van der Waals surface area contributed by atoms with E-state index in [0.717, 1.165) is 33.8 Å². The zero-order valence-electron chi connectivity index (χ0n) is 27.9. The number of hydrogen-bond acceptors (Lipinski definition) is 3. The summed E-state index contributed by atoms with van der Waals surface area (Å²) in [6, 6.07) is 60.2. The van der Waals surface area contributed by atoms with Gasteiger partial charge in [0.1, 0.15) is 0 Å². The Bertz CT molecular complexity index is 2730. The summed E-state index contributed by atoms with van der Waals surface area (Å²) in [4.78, 5) is 9.56. The maximum absolute atomic E-state index is 5.19. The molecule has 0 aliphatic rings. The number of benzene rings is 7. The molecule has 51 heavy (non-hydrogen) atoms. The highest BCUT2D eigenvalue weighted by atomic mass is 32.1. The molecule has 3 nitrogen and oxygen atoms in total. The molecule has 0 unspecified atom stereocenters. The predicted molar refractivity (Wildman–Crippen MR) is 220 cm³/mol. The van der Waals surface area contributed by atoms with E-state index in [1.807, 2.05) is 53.8 Å². The Morgan fingerprint density at radius 3 is 1.92 bits per heavy atom. The highest BCUT2D eigenvalue weighted by Crippen LogP contribution is 2.43. The molecule has 2 heterocycles. The van der Waals surface area contributed by atoms with Gasteiger partial charge < -0.3 is 4.57 Å². The van der Waals surface area contributed by atoms with Crippen LogP contribution in [0.4, 0.5) is 0 Å². The standard InChI is InChI=1S/C47H33N3S/c1-48-42(33-16-4-2-5-17-33)30-43(34-18-6-3-7-19-34)49-31-32-15-14-20-35(27-32)40-28-36(29-41-39-23-10-13-26-46(39)51-47(40)41)50-44-24-11-8-21-37(44)38-22-9-12-25-45(38)50/h2-30H,1,31H2/b42-30-,49-43+. The largest absolute Gasteiger partial charge is 0.309 e. The molecule has 2 aromatic heterocycles. The van der Waals surface area contributed by atoms with Crippen molar-refractivity contribution in [3.05, 3.63) is 193 Å². The van der Waals surface area contributed by atoms with Crippen molar-refractivity contribution in [1.82, 2.24) is 4.57 Å². The van der Waals surface area contributed by atoms with Crippen LogP contribution in [0.15, 0.2) is 186 Å². The molecule has 9 aromatic rings. The van der Waals surface area contributed by atoms with E-state index < -0.39 is 0 Å². The molecule has 0 atom stereocenters. The van der Waals surface area contributed by atoms with E-state index in [1.54, 1.807) is 0 Å². The first kappa shape index (κ1) is 30.7. The van der Waals surface area contributed by atoms with Crippen molar-refractivity contribution >= 4 is 71.4 Å². The molecule has 0 aliphatic carbocycles. The van der Waals surface area contributed by atoms with Crippen LogP contribution < -0.4 is 0 Å². The molecular weight excluding hydrogens is 639 g/mol. The number of aromatic nitrogens is 1. The van der Waals surface area contributed by atoms with Gasteiger partial charge in [-0.1, -0.05) is 133 Å². The molecule has 0 radical (unpaired) electrons. The number of para-hydroxylation sites is 2. The van der Waals surface area contributed by atoms with Crippen molar-refractivity contribution in [1.29, 1.82) is 0 Å². The van der Waals surface area contributed by atoms with Crippen LogP contribution in [0, 0.1) is 0 Å². The summed E-state index contributed by atoms with van der Waals surface area (Å²) in [5.41, 5.74) is 10.8. The Morgan fingerprint density at radius 1 is 0.588 bits per heavy atom. The van der Waals surface area contributed by atoms with Crippen LogP contribution in [0.25, 0.3) is 64.5 Å². The van der Waals surface area contributed by atoms with Gasteiger partial charge in [0.2, 0.25) is 0 Å². The van der Waals surface area contributed by atoms with Gasteiger partial charge in [-0.05, 0) is 65.9 Å². The molecule has 242 valence electrons. The quantitative estimate of drug-likeness (QED) is 0.144. The van der Waals surface area contributed by atoms with Gasteiger partial charge in [-0.25, -0.2) is 0 Å². The van der Waals surface area contributed by atoms with Gasteiger partial charge in [0.05, 0.1) is 29.0 Å². The Kier molecular flexibility index (Phi) is 7.92. The molecular formula is C47H33N3S. The van der Waals surface area contributed by atoms with Crippen molar-refractivity contribution in [3.63, 3.8) is 0 Å². The number of fused-ring (bicyclic) bond motifs is 6. The van der Waals surface area contributed by atoms with E-state index in [1.165, 1.54) is 53.1 Å². The highest BCUT2D eigenvalue weighted by molar-refractivity contribution is 7.26. The van der Waals surface area contributed by atoms with Crippen LogP contribution in [0.2, 0.25) is 0 Å². The number of nitrogens with zero attached hydrogens (tertiary/aromatic N) is 3. The zero-order valence-corrected chi connectivity index (χ0v) is 28.7. The summed E-state index contributed by atoms with van der Waals surface area (Å²) in [6.45, 7) is 4.40. The number of hydrogen-bond donors (Lipinski definition) is 0. The summed E-state index contributed by atoms with van der Waals surface area (Å²) in [5.74, 6) is 0. The van der Waals surface area contributed by atoms with Gasteiger partial charge in [0.15, 0.2) is 0 Å². The van der Waals surface area contributed by atoms with E-state index in [-0.39, 0.29) is 0 Å². The second-order valence-electron chi connectivity index (χ2n) is 12.7. The second-order valence-corrected chi connectivity index (χ2v) is 13.7. The average Bonchev–Trinajstić information content (AvgIpc) is 3.74. The van der Waals surface area contributed by atoms with Crippen LogP contribution in [-0.2, 0) is 6.54 Å². The van der Waals surface area contributed by atoms with Crippen LogP contribution in [0.3, 0.4) is 0 Å². The molecule has 0 saturated carbocycles.